The molecule has 0 radical (unpaired) electrons. The van der Waals surface area contributed by atoms with E-state index in [4.69, 9.17) is 9.47 Å². The summed E-state index contributed by atoms with van der Waals surface area (Å²) >= 11 is 0. The molecule has 2 aromatic rings. The Morgan fingerprint density at radius 1 is 1.32 bits per heavy atom. The van der Waals surface area contributed by atoms with Crippen LogP contribution in [0.15, 0.2) is 49.6 Å². The summed E-state index contributed by atoms with van der Waals surface area (Å²) < 4.78 is 13.6. The number of carbonyl (C=O) groups excluding carboxylic acids is 3. The van der Waals surface area contributed by atoms with Crippen molar-refractivity contribution in [3.8, 4) is 0 Å². The van der Waals surface area contributed by atoms with Crippen molar-refractivity contribution in [2.24, 2.45) is 11.8 Å². The normalized spacial score (nSPS) is 30.3. The Kier molecular flexibility index (Phi) is 6.60. The minimum absolute atomic E-state index is 0.0113. The molecule has 1 aromatic heterocycles. The van der Waals surface area contributed by atoms with Gasteiger partial charge in [0.1, 0.15) is 36.4 Å². The first-order valence-corrected chi connectivity index (χ1v) is 12.8. The molecule has 202 valence electrons. The maximum atomic E-state index is 14.4. The van der Waals surface area contributed by atoms with Gasteiger partial charge in [-0.3, -0.25) is 14.4 Å². The Hall–Kier alpha value is -3.57. The quantitative estimate of drug-likeness (QED) is 0.365. The predicted octanol–water partition coefficient (Wildman–Crippen LogP) is 1.28. The van der Waals surface area contributed by atoms with Crippen molar-refractivity contribution in [1.29, 1.82) is 0 Å². The number of aliphatic hydroxyl groups excluding tert-OH is 1. The van der Waals surface area contributed by atoms with E-state index >= 15 is 0 Å². The summed E-state index contributed by atoms with van der Waals surface area (Å²) in [7, 11) is 0. The number of hydrogen-bond acceptors (Lipinski definition) is 8. The van der Waals surface area contributed by atoms with E-state index in [1.165, 1.54) is 11.0 Å². The lowest BCUT2D eigenvalue weighted by Crippen LogP contribution is -2.58. The highest BCUT2D eigenvalue weighted by Gasteiger charge is 2.78. The van der Waals surface area contributed by atoms with Gasteiger partial charge in [0.25, 0.3) is 0 Å². The third kappa shape index (κ3) is 3.75. The van der Waals surface area contributed by atoms with E-state index in [9.17, 15) is 19.5 Å². The van der Waals surface area contributed by atoms with E-state index in [1.807, 2.05) is 24.3 Å². The summed E-state index contributed by atoms with van der Waals surface area (Å²) in [5.74, 6) is -3.08. The second-order valence-electron chi connectivity index (χ2n) is 10.5. The van der Waals surface area contributed by atoms with Crippen molar-refractivity contribution in [2.75, 3.05) is 19.8 Å². The van der Waals surface area contributed by atoms with Crippen LogP contribution in [-0.2, 0) is 30.5 Å². The minimum Gasteiger partial charge on any atom is -0.461 e. The highest BCUT2D eigenvalue weighted by molar-refractivity contribution is 5.98. The number of benzene rings is 1. The first-order valence-electron chi connectivity index (χ1n) is 12.8. The number of nitrogens with zero attached hydrogens (tertiary/aromatic N) is 5. The number of para-hydroxylation sites is 1. The van der Waals surface area contributed by atoms with Gasteiger partial charge in [-0.25, -0.2) is 4.68 Å². The van der Waals surface area contributed by atoms with Crippen LogP contribution in [0, 0.1) is 11.8 Å². The summed E-state index contributed by atoms with van der Waals surface area (Å²) in [6, 6.07) is 5.70. The molecule has 6 atom stereocenters. The first kappa shape index (κ1) is 26.1. The molecule has 5 rings (SSSR count). The standard InChI is InChI=1S/C27H33N5O6/c1-5-13-30(16-31-19-10-8-7-9-18(19)28-29-31)24(35)22-27-12-11-26(4,38-27)21(25(36)37-14-6-2)20(27)23(34)32(22)17(3)15-33/h5-10,17,20-22,33H,1-2,11-16H2,3-4H3/t17-,20+,21+,22?,26-,27?/m1/s1. The van der Waals surface area contributed by atoms with E-state index in [0.717, 1.165) is 5.52 Å². The van der Waals surface area contributed by atoms with Crippen LogP contribution in [0.5, 0.6) is 0 Å². The molecule has 3 aliphatic rings. The topological polar surface area (TPSA) is 127 Å². The Morgan fingerprint density at radius 2 is 2.08 bits per heavy atom. The highest BCUT2D eigenvalue weighted by atomic mass is 16.6. The molecule has 2 unspecified atom stereocenters. The van der Waals surface area contributed by atoms with E-state index in [1.54, 1.807) is 29.5 Å². The fourth-order valence-electron chi connectivity index (χ4n) is 6.52. The van der Waals surface area contributed by atoms with Gasteiger partial charge in [0, 0.05) is 6.54 Å². The van der Waals surface area contributed by atoms with Crippen LogP contribution in [0.25, 0.3) is 11.0 Å². The van der Waals surface area contributed by atoms with Crippen LogP contribution in [-0.4, -0.2) is 90.7 Å². The van der Waals surface area contributed by atoms with Crippen molar-refractivity contribution in [1.82, 2.24) is 24.8 Å². The molecule has 3 aliphatic heterocycles. The van der Waals surface area contributed by atoms with Gasteiger partial charge in [0.2, 0.25) is 11.8 Å². The number of rotatable bonds is 10. The minimum atomic E-state index is -1.23. The molecular weight excluding hydrogens is 490 g/mol. The van der Waals surface area contributed by atoms with Crippen molar-refractivity contribution in [3.63, 3.8) is 0 Å². The number of hydrogen-bond donors (Lipinski definition) is 1. The number of carbonyl (C=O) groups is 3. The third-order valence-corrected chi connectivity index (χ3v) is 8.17. The second-order valence-corrected chi connectivity index (χ2v) is 10.5. The van der Waals surface area contributed by atoms with Crippen LogP contribution < -0.4 is 0 Å². The number of aromatic nitrogens is 3. The number of esters is 1. The van der Waals surface area contributed by atoms with Crippen molar-refractivity contribution in [2.45, 2.75) is 56.6 Å². The highest BCUT2D eigenvalue weighted by Crippen LogP contribution is 2.63. The average Bonchev–Trinajstić information content (AvgIpc) is 3.62. The number of amides is 2. The number of aliphatic hydroxyl groups is 1. The molecule has 3 saturated heterocycles. The third-order valence-electron chi connectivity index (χ3n) is 8.17. The van der Waals surface area contributed by atoms with Gasteiger partial charge in [-0.05, 0) is 38.8 Å². The summed E-state index contributed by atoms with van der Waals surface area (Å²) in [5.41, 5.74) is -0.732. The van der Waals surface area contributed by atoms with Crippen LogP contribution in [0.1, 0.15) is 26.7 Å². The fourth-order valence-corrected chi connectivity index (χ4v) is 6.52. The summed E-state index contributed by atoms with van der Waals surface area (Å²) in [6.07, 6.45) is 3.98. The summed E-state index contributed by atoms with van der Waals surface area (Å²) in [6.45, 7) is 10.8. The molecular formula is C27H33N5O6. The lowest BCUT2D eigenvalue weighted by Gasteiger charge is -2.38. The lowest BCUT2D eigenvalue weighted by molar-refractivity contribution is -0.161. The molecule has 1 aromatic carbocycles. The monoisotopic (exact) mass is 523 g/mol. The first-order chi connectivity index (χ1) is 18.2. The summed E-state index contributed by atoms with van der Waals surface area (Å²) in [5, 5.41) is 18.4. The van der Waals surface area contributed by atoms with Crippen molar-refractivity contribution in [3.05, 3.63) is 49.6 Å². The molecule has 38 heavy (non-hydrogen) atoms. The van der Waals surface area contributed by atoms with Gasteiger partial charge in [0.05, 0.1) is 29.7 Å². The average molecular weight is 524 g/mol. The smallest absolute Gasteiger partial charge is 0.313 e. The molecule has 3 fully saturated rings. The lowest BCUT2D eigenvalue weighted by atomic mass is 9.66. The summed E-state index contributed by atoms with van der Waals surface area (Å²) in [4.78, 5) is 44.5. The zero-order valence-corrected chi connectivity index (χ0v) is 21.7. The van der Waals surface area contributed by atoms with Gasteiger partial charge in [-0.15, -0.1) is 11.7 Å². The van der Waals surface area contributed by atoms with Gasteiger partial charge >= 0.3 is 5.97 Å². The van der Waals surface area contributed by atoms with Crippen molar-refractivity contribution < 1.29 is 29.0 Å². The van der Waals surface area contributed by atoms with E-state index in [2.05, 4.69) is 23.5 Å². The van der Waals surface area contributed by atoms with Gasteiger partial charge in [0.15, 0.2) is 0 Å². The van der Waals surface area contributed by atoms with E-state index in [-0.39, 0.29) is 32.3 Å². The zero-order valence-electron chi connectivity index (χ0n) is 21.7. The molecule has 4 heterocycles. The second kappa shape index (κ2) is 9.63. The van der Waals surface area contributed by atoms with Crippen LogP contribution in [0.3, 0.4) is 0 Å². The number of likely N-dealkylation sites (tertiary alicyclic amines) is 1. The molecule has 1 spiro atoms. The molecule has 11 nitrogen and oxygen atoms in total. The maximum Gasteiger partial charge on any atom is 0.313 e. The Bertz CT molecular complexity index is 1290. The Balaban J connectivity index is 1.55. The van der Waals surface area contributed by atoms with Gasteiger partial charge in [-0.1, -0.05) is 36.1 Å². The molecule has 1 N–H and O–H groups in total. The Morgan fingerprint density at radius 3 is 2.79 bits per heavy atom. The van der Waals surface area contributed by atoms with Crippen LogP contribution in [0.2, 0.25) is 0 Å². The maximum absolute atomic E-state index is 14.4. The van der Waals surface area contributed by atoms with Crippen LogP contribution in [0.4, 0.5) is 0 Å². The van der Waals surface area contributed by atoms with Gasteiger partial charge < -0.3 is 24.4 Å². The molecule has 11 heteroatoms. The number of fused-ring (bicyclic) bond motifs is 2. The zero-order chi connectivity index (χ0) is 27.2. The number of ether oxygens (including phenoxy) is 2. The van der Waals surface area contributed by atoms with Crippen LogP contribution >= 0.6 is 0 Å². The molecule has 2 bridgehead atoms. The fraction of sp³-hybridized carbons (Fsp3) is 0.519. The Labute approximate surface area is 220 Å². The molecule has 0 aliphatic carbocycles. The van der Waals surface area contributed by atoms with Crippen molar-refractivity contribution >= 4 is 28.8 Å². The van der Waals surface area contributed by atoms with E-state index < -0.39 is 47.0 Å². The molecule has 2 amide bonds. The van der Waals surface area contributed by atoms with E-state index in [0.29, 0.717) is 18.4 Å². The van der Waals surface area contributed by atoms with Gasteiger partial charge in [-0.2, -0.15) is 0 Å². The molecule has 0 saturated carbocycles. The SMILES string of the molecule is C=CCOC(=O)[C@@H]1[C@H]2C(=O)N([C@H](C)CO)C(C(=O)N(CC=C)Cn3nnc4ccccc43)C23CC[C@@]1(C)O3. The predicted molar refractivity (Wildman–Crippen MR) is 136 cm³/mol. The largest absolute Gasteiger partial charge is 0.461 e.